The molecule has 0 spiro atoms. The van der Waals surface area contributed by atoms with Gasteiger partial charge in [0, 0.05) is 0 Å². The Morgan fingerprint density at radius 3 is 2.18 bits per heavy atom. The molecule has 0 aliphatic carbocycles. The molecule has 0 rings (SSSR count). The number of thioether (sulfide) groups is 1. The van der Waals surface area contributed by atoms with E-state index in [0.29, 0.717) is 16.7 Å². The summed E-state index contributed by atoms with van der Waals surface area (Å²) in [5.41, 5.74) is 0. The van der Waals surface area contributed by atoms with Crippen LogP contribution in [0.4, 0.5) is 13.2 Å². The molecule has 0 amide bonds. The van der Waals surface area contributed by atoms with E-state index in [9.17, 15) is 13.2 Å². The third-order valence-electron chi connectivity index (χ3n) is 1.01. The first kappa shape index (κ1) is 10.6. The molecule has 0 nitrogen and oxygen atoms in total. The Bertz CT molecular complexity index is 179. The van der Waals surface area contributed by atoms with E-state index in [-0.39, 0.29) is 0 Å². The summed E-state index contributed by atoms with van der Waals surface area (Å²) >= 11 is 0.648. The highest BCUT2D eigenvalue weighted by atomic mass is 32.2. The molecule has 0 heterocycles. The Labute approximate surface area is 68.2 Å². The van der Waals surface area contributed by atoms with Crippen LogP contribution < -0.4 is 0 Å². The average molecular weight is 182 g/mol. The predicted molar refractivity (Wildman–Crippen MR) is 42.2 cm³/mol. The number of allylic oxidation sites excluding steroid dienone is 3. The molecule has 0 N–H and O–H groups in total. The van der Waals surface area contributed by atoms with Crippen LogP contribution in [0.25, 0.3) is 0 Å². The number of hydrogen-bond donors (Lipinski definition) is 0. The van der Waals surface area contributed by atoms with Gasteiger partial charge < -0.3 is 0 Å². The Kier molecular flexibility index (Phi) is 3.72. The molecule has 4 heteroatoms. The highest BCUT2D eigenvalue weighted by Crippen LogP contribution is 2.36. The van der Waals surface area contributed by atoms with Crippen LogP contribution in [0.1, 0.15) is 13.8 Å². The van der Waals surface area contributed by atoms with Gasteiger partial charge in [0.15, 0.2) is 0 Å². The summed E-state index contributed by atoms with van der Waals surface area (Å²) < 4.78 is 35.4. The van der Waals surface area contributed by atoms with Crippen LogP contribution >= 0.6 is 11.8 Å². The Hall–Kier alpha value is -0.380. The van der Waals surface area contributed by atoms with Gasteiger partial charge in [-0.3, -0.25) is 0 Å². The van der Waals surface area contributed by atoms with Crippen molar-refractivity contribution in [2.24, 2.45) is 0 Å². The molecule has 0 bridgehead atoms. The fraction of sp³-hybridized carbons (Fsp3) is 0.429. The van der Waals surface area contributed by atoms with Crippen LogP contribution in [0.2, 0.25) is 0 Å². The van der Waals surface area contributed by atoms with Crippen molar-refractivity contribution < 1.29 is 13.2 Å². The van der Waals surface area contributed by atoms with Crippen molar-refractivity contribution in [3.63, 3.8) is 0 Å². The zero-order valence-corrected chi connectivity index (χ0v) is 7.14. The molecular weight excluding hydrogens is 173 g/mol. The van der Waals surface area contributed by atoms with Crippen molar-refractivity contribution in [3.8, 4) is 0 Å². The van der Waals surface area contributed by atoms with Crippen molar-refractivity contribution in [1.29, 1.82) is 0 Å². The topological polar surface area (TPSA) is 0 Å². The fourth-order valence-corrected chi connectivity index (χ4v) is 0.933. The van der Waals surface area contributed by atoms with Crippen LogP contribution in [0.5, 0.6) is 0 Å². The zero-order valence-electron chi connectivity index (χ0n) is 6.33. The maximum Gasteiger partial charge on any atom is 0.422 e. The van der Waals surface area contributed by atoms with Gasteiger partial charge in [-0.15, -0.1) is 0 Å². The highest BCUT2D eigenvalue weighted by Gasteiger charge is 2.32. The van der Waals surface area contributed by atoms with Crippen LogP contribution in [0, 0.1) is 0 Å². The first-order valence-electron chi connectivity index (χ1n) is 2.94. The molecule has 0 saturated heterocycles. The lowest BCUT2D eigenvalue weighted by Gasteiger charge is -2.08. The first-order valence-corrected chi connectivity index (χ1v) is 3.76. The van der Waals surface area contributed by atoms with Crippen molar-refractivity contribution in [3.05, 3.63) is 22.5 Å². The van der Waals surface area contributed by atoms with Crippen LogP contribution in [0.15, 0.2) is 22.5 Å². The maximum atomic E-state index is 11.8. The summed E-state index contributed by atoms with van der Waals surface area (Å²) in [5.74, 6) is 0. The molecule has 11 heavy (non-hydrogen) atoms. The van der Waals surface area contributed by atoms with Gasteiger partial charge in [-0.05, 0) is 18.8 Å². The first-order chi connectivity index (χ1) is 4.88. The van der Waals surface area contributed by atoms with E-state index in [1.54, 1.807) is 19.9 Å². The van der Waals surface area contributed by atoms with Gasteiger partial charge in [0.25, 0.3) is 0 Å². The van der Waals surface area contributed by atoms with E-state index in [4.69, 9.17) is 0 Å². The SMILES string of the molecule is C=C(S/C(C)=C\C)C(F)(F)F. The van der Waals surface area contributed by atoms with Crippen LogP contribution in [-0.2, 0) is 0 Å². The molecule has 0 saturated carbocycles. The van der Waals surface area contributed by atoms with Crippen molar-refractivity contribution in [1.82, 2.24) is 0 Å². The van der Waals surface area contributed by atoms with Crippen molar-refractivity contribution in [2.45, 2.75) is 20.0 Å². The quantitative estimate of drug-likeness (QED) is 0.627. The average Bonchev–Trinajstić information content (AvgIpc) is 1.85. The molecule has 0 radical (unpaired) electrons. The Balaban J connectivity index is 4.10. The van der Waals surface area contributed by atoms with Gasteiger partial charge in [0.05, 0.1) is 4.91 Å². The Morgan fingerprint density at radius 1 is 1.45 bits per heavy atom. The van der Waals surface area contributed by atoms with Crippen molar-refractivity contribution >= 4 is 11.8 Å². The molecule has 0 unspecified atom stereocenters. The third kappa shape index (κ3) is 4.14. The van der Waals surface area contributed by atoms with E-state index >= 15 is 0 Å². The van der Waals surface area contributed by atoms with E-state index in [1.165, 1.54) is 0 Å². The lowest BCUT2D eigenvalue weighted by atomic mass is 10.6. The lowest BCUT2D eigenvalue weighted by Crippen LogP contribution is -2.07. The van der Waals surface area contributed by atoms with Gasteiger partial charge in [0.2, 0.25) is 0 Å². The number of halogens is 3. The minimum absolute atomic E-state index is 0.604. The summed E-state index contributed by atoms with van der Waals surface area (Å²) in [5, 5.41) is 0. The molecule has 0 aliphatic heterocycles. The molecule has 0 aliphatic rings. The van der Waals surface area contributed by atoms with Gasteiger partial charge >= 0.3 is 6.18 Å². The standard InChI is InChI=1S/C7H9F3S/c1-4-5(2)11-6(3)7(8,9)10/h4H,3H2,1-2H3/b5-4-. The molecule has 0 atom stereocenters. The monoisotopic (exact) mass is 182 g/mol. The van der Waals surface area contributed by atoms with Crippen LogP contribution in [0.3, 0.4) is 0 Å². The van der Waals surface area contributed by atoms with Gasteiger partial charge in [-0.1, -0.05) is 24.4 Å². The predicted octanol–water partition coefficient (Wildman–Crippen LogP) is 3.72. The molecule has 64 valence electrons. The van der Waals surface area contributed by atoms with E-state index in [0.717, 1.165) is 0 Å². The number of hydrogen-bond acceptors (Lipinski definition) is 1. The second kappa shape index (κ2) is 3.85. The van der Waals surface area contributed by atoms with Crippen LogP contribution in [-0.4, -0.2) is 6.18 Å². The highest BCUT2D eigenvalue weighted by molar-refractivity contribution is 8.06. The van der Waals surface area contributed by atoms with E-state index in [2.05, 4.69) is 6.58 Å². The fourth-order valence-electron chi connectivity index (χ4n) is 0.311. The summed E-state index contributed by atoms with van der Waals surface area (Å²) in [4.78, 5) is -0.166. The largest absolute Gasteiger partial charge is 0.422 e. The molecule has 0 fully saturated rings. The van der Waals surface area contributed by atoms with Crippen molar-refractivity contribution in [2.75, 3.05) is 0 Å². The molecular formula is C7H9F3S. The van der Waals surface area contributed by atoms with Gasteiger partial charge in [0.1, 0.15) is 0 Å². The maximum absolute atomic E-state index is 11.8. The van der Waals surface area contributed by atoms with Gasteiger partial charge in [-0.2, -0.15) is 13.2 Å². The number of alkyl halides is 3. The summed E-state index contributed by atoms with van der Waals surface area (Å²) in [6.45, 7) is 6.21. The molecule has 0 aromatic heterocycles. The van der Waals surface area contributed by atoms with E-state index < -0.39 is 11.1 Å². The Morgan fingerprint density at radius 2 is 1.91 bits per heavy atom. The number of rotatable bonds is 2. The molecule has 0 aromatic rings. The third-order valence-corrected chi connectivity index (χ3v) is 2.04. The minimum Gasteiger partial charge on any atom is -0.166 e. The summed E-state index contributed by atoms with van der Waals surface area (Å²) in [6.07, 6.45) is -2.67. The summed E-state index contributed by atoms with van der Waals surface area (Å²) in [7, 11) is 0. The van der Waals surface area contributed by atoms with E-state index in [1.807, 2.05) is 0 Å². The smallest absolute Gasteiger partial charge is 0.166 e. The second-order valence-corrected chi connectivity index (χ2v) is 3.26. The summed E-state index contributed by atoms with van der Waals surface area (Å²) in [6, 6.07) is 0. The normalized spacial score (nSPS) is 13.4. The minimum atomic E-state index is -4.28. The zero-order chi connectivity index (χ0) is 9.07. The molecule has 0 aromatic carbocycles. The lowest BCUT2D eigenvalue weighted by molar-refractivity contribution is -0.0832. The van der Waals surface area contributed by atoms with Gasteiger partial charge in [-0.25, -0.2) is 0 Å². The second-order valence-electron chi connectivity index (χ2n) is 1.92.